The molecule has 106 valence electrons. The summed E-state index contributed by atoms with van der Waals surface area (Å²) in [6, 6.07) is 0. The average molecular weight is 277 g/mol. The number of hydrogen-bond acceptors (Lipinski definition) is 5. The van der Waals surface area contributed by atoms with E-state index in [0.717, 1.165) is 0 Å². The Morgan fingerprint density at radius 1 is 1.15 bits per heavy atom. The van der Waals surface area contributed by atoms with Crippen molar-refractivity contribution in [3.8, 4) is 0 Å². The summed E-state index contributed by atoms with van der Waals surface area (Å²) >= 11 is 0. The minimum Gasteiger partial charge on any atom is -0.396 e. The molecule has 2 amide bonds. The minimum atomic E-state index is -0.257. The summed E-state index contributed by atoms with van der Waals surface area (Å²) in [7, 11) is 1.55. The topological polar surface area (TPSA) is 120 Å². The molecule has 0 aliphatic carbocycles. The summed E-state index contributed by atoms with van der Waals surface area (Å²) < 4.78 is 2.86. The second kappa shape index (κ2) is 5.87. The summed E-state index contributed by atoms with van der Waals surface area (Å²) in [5, 5.41) is 13.0. The molecule has 0 spiro atoms. The van der Waals surface area contributed by atoms with E-state index in [9.17, 15) is 9.59 Å². The predicted molar refractivity (Wildman–Crippen MR) is 71.6 cm³/mol. The molecule has 2 aromatic heterocycles. The van der Waals surface area contributed by atoms with Gasteiger partial charge in [0.25, 0.3) is 0 Å². The fraction of sp³-hybridized carbons (Fsp3) is 0.273. The summed E-state index contributed by atoms with van der Waals surface area (Å²) in [4.78, 5) is 22.9. The predicted octanol–water partition coefficient (Wildman–Crippen LogP) is -0.953. The van der Waals surface area contributed by atoms with Gasteiger partial charge in [0.15, 0.2) is 0 Å². The molecule has 20 heavy (non-hydrogen) atoms. The van der Waals surface area contributed by atoms with Gasteiger partial charge in [-0.25, -0.2) is 0 Å². The molecule has 2 heterocycles. The maximum atomic E-state index is 11.7. The highest BCUT2D eigenvalue weighted by Crippen LogP contribution is 2.05. The van der Waals surface area contributed by atoms with Gasteiger partial charge < -0.3 is 16.4 Å². The van der Waals surface area contributed by atoms with Crippen molar-refractivity contribution in [1.82, 2.24) is 24.9 Å². The van der Waals surface area contributed by atoms with E-state index in [-0.39, 0.29) is 24.9 Å². The lowest BCUT2D eigenvalue weighted by atomic mass is 10.5. The highest BCUT2D eigenvalue weighted by atomic mass is 16.2. The second-order valence-corrected chi connectivity index (χ2v) is 4.12. The first-order chi connectivity index (χ1) is 9.56. The smallest absolute Gasteiger partial charge is 0.246 e. The normalized spacial score (nSPS) is 10.2. The number of likely N-dealkylation sites (N-methyl/N-ethyl adjacent to an activating group) is 1. The minimum absolute atomic E-state index is 0.0534. The molecule has 9 heteroatoms. The Bertz CT molecular complexity index is 616. The van der Waals surface area contributed by atoms with Gasteiger partial charge in [-0.3, -0.25) is 19.0 Å². The third-order valence-electron chi connectivity index (χ3n) is 2.46. The van der Waals surface area contributed by atoms with E-state index in [1.807, 2.05) is 0 Å². The summed E-state index contributed by atoms with van der Waals surface area (Å²) in [6.07, 6.45) is 6.08. The zero-order valence-electron chi connectivity index (χ0n) is 10.9. The van der Waals surface area contributed by atoms with E-state index in [1.54, 1.807) is 19.4 Å². The number of hydrogen-bond donors (Lipinski definition) is 3. The van der Waals surface area contributed by atoms with E-state index in [0.29, 0.717) is 11.4 Å². The molecule has 0 bridgehead atoms. The number of nitrogens with two attached hydrogens (primary N) is 1. The van der Waals surface area contributed by atoms with Crippen molar-refractivity contribution >= 4 is 23.2 Å². The fourth-order valence-electron chi connectivity index (χ4n) is 1.55. The molecule has 0 saturated carbocycles. The number of rotatable bonds is 5. The Labute approximate surface area is 114 Å². The van der Waals surface area contributed by atoms with Crippen LogP contribution >= 0.6 is 0 Å². The van der Waals surface area contributed by atoms with Gasteiger partial charge >= 0.3 is 0 Å². The zero-order valence-corrected chi connectivity index (χ0v) is 10.9. The van der Waals surface area contributed by atoms with Crippen molar-refractivity contribution in [3.63, 3.8) is 0 Å². The first-order valence-corrected chi connectivity index (χ1v) is 5.87. The lowest BCUT2D eigenvalue weighted by Crippen LogP contribution is -2.23. The summed E-state index contributed by atoms with van der Waals surface area (Å²) in [6.45, 7) is 0.153. The molecular formula is C11H15N7O2. The van der Waals surface area contributed by atoms with Crippen molar-refractivity contribution in [3.05, 3.63) is 24.8 Å². The molecule has 2 aromatic rings. The number of carbonyl (C=O) groups is 2. The molecule has 0 fully saturated rings. The van der Waals surface area contributed by atoms with Crippen molar-refractivity contribution in [2.45, 2.75) is 13.1 Å². The fourth-order valence-corrected chi connectivity index (χ4v) is 1.55. The standard InChI is InChI=1S/C11H15N7O2/c1-13-10(19)6-18-5-9(3-15-18)16-11(20)7-17-4-8(12)2-14-17/h2-5H,6-7,12H2,1H3,(H,13,19)(H,16,20). The summed E-state index contributed by atoms with van der Waals surface area (Å²) in [5.41, 5.74) is 6.51. The Hall–Kier alpha value is -2.84. The number of nitrogens with zero attached hydrogens (tertiary/aromatic N) is 4. The Morgan fingerprint density at radius 2 is 1.80 bits per heavy atom. The van der Waals surface area contributed by atoms with Crippen LogP contribution in [0.15, 0.2) is 24.8 Å². The molecule has 0 radical (unpaired) electrons. The zero-order chi connectivity index (χ0) is 14.5. The van der Waals surface area contributed by atoms with Gasteiger partial charge in [0, 0.05) is 19.4 Å². The number of carbonyl (C=O) groups excluding carboxylic acids is 2. The molecule has 0 atom stereocenters. The largest absolute Gasteiger partial charge is 0.396 e. The monoisotopic (exact) mass is 277 g/mol. The molecule has 2 rings (SSSR count). The first-order valence-electron chi connectivity index (χ1n) is 5.87. The third-order valence-corrected chi connectivity index (χ3v) is 2.46. The van der Waals surface area contributed by atoms with Crippen LogP contribution in [-0.4, -0.2) is 38.4 Å². The highest BCUT2D eigenvalue weighted by molar-refractivity contribution is 5.90. The van der Waals surface area contributed by atoms with Crippen LogP contribution in [0.5, 0.6) is 0 Å². The Balaban J connectivity index is 1.89. The molecule has 9 nitrogen and oxygen atoms in total. The molecule has 0 aromatic carbocycles. The molecule has 0 aliphatic heterocycles. The molecule has 0 aliphatic rings. The summed E-state index contributed by atoms with van der Waals surface area (Å²) in [5.74, 6) is -0.425. The van der Waals surface area contributed by atoms with Crippen LogP contribution in [-0.2, 0) is 22.7 Å². The van der Waals surface area contributed by atoms with E-state index in [2.05, 4.69) is 20.8 Å². The number of nitrogen functional groups attached to an aromatic ring is 1. The first kappa shape index (κ1) is 13.6. The van der Waals surface area contributed by atoms with Crippen LogP contribution in [0.1, 0.15) is 0 Å². The van der Waals surface area contributed by atoms with Gasteiger partial charge in [-0.15, -0.1) is 0 Å². The Morgan fingerprint density at radius 3 is 2.45 bits per heavy atom. The van der Waals surface area contributed by atoms with Crippen LogP contribution in [0.3, 0.4) is 0 Å². The molecular weight excluding hydrogens is 262 g/mol. The van der Waals surface area contributed by atoms with E-state index < -0.39 is 0 Å². The quantitative estimate of drug-likeness (QED) is 0.650. The molecule has 0 unspecified atom stereocenters. The lowest BCUT2D eigenvalue weighted by Gasteiger charge is -2.02. The molecule has 0 saturated heterocycles. The van der Waals surface area contributed by atoms with Gasteiger partial charge in [-0.1, -0.05) is 0 Å². The van der Waals surface area contributed by atoms with Crippen LogP contribution in [0.4, 0.5) is 11.4 Å². The van der Waals surface area contributed by atoms with E-state index in [4.69, 9.17) is 5.73 Å². The highest BCUT2D eigenvalue weighted by Gasteiger charge is 2.07. The number of amides is 2. The third kappa shape index (κ3) is 3.57. The van der Waals surface area contributed by atoms with Crippen LogP contribution in [0, 0.1) is 0 Å². The van der Waals surface area contributed by atoms with Crippen LogP contribution in [0.2, 0.25) is 0 Å². The van der Waals surface area contributed by atoms with Crippen molar-refractivity contribution in [2.24, 2.45) is 0 Å². The number of aromatic nitrogens is 4. The van der Waals surface area contributed by atoms with Crippen molar-refractivity contribution in [1.29, 1.82) is 0 Å². The second-order valence-electron chi connectivity index (χ2n) is 4.12. The van der Waals surface area contributed by atoms with Crippen LogP contribution in [0.25, 0.3) is 0 Å². The van der Waals surface area contributed by atoms with Gasteiger partial charge in [0.2, 0.25) is 11.8 Å². The van der Waals surface area contributed by atoms with Gasteiger partial charge in [-0.05, 0) is 0 Å². The van der Waals surface area contributed by atoms with Crippen molar-refractivity contribution < 1.29 is 9.59 Å². The van der Waals surface area contributed by atoms with E-state index >= 15 is 0 Å². The van der Waals surface area contributed by atoms with Gasteiger partial charge in [-0.2, -0.15) is 10.2 Å². The maximum Gasteiger partial charge on any atom is 0.246 e. The van der Waals surface area contributed by atoms with E-state index in [1.165, 1.54) is 21.8 Å². The number of nitrogens with one attached hydrogen (secondary N) is 2. The average Bonchev–Trinajstić information content (AvgIpc) is 2.99. The maximum absolute atomic E-state index is 11.7. The number of anilines is 2. The van der Waals surface area contributed by atoms with Crippen molar-refractivity contribution in [2.75, 3.05) is 18.1 Å². The Kier molecular flexibility index (Phi) is 3.99. The SMILES string of the molecule is CNC(=O)Cn1cc(NC(=O)Cn2cc(N)cn2)cn1. The molecule has 4 N–H and O–H groups in total. The lowest BCUT2D eigenvalue weighted by molar-refractivity contribution is -0.121. The van der Waals surface area contributed by atoms with Gasteiger partial charge in [0.05, 0.1) is 23.8 Å². The van der Waals surface area contributed by atoms with Gasteiger partial charge in [0.1, 0.15) is 13.1 Å². The van der Waals surface area contributed by atoms with Crippen LogP contribution < -0.4 is 16.4 Å².